The number of azide groups is 1. The Balaban J connectivity index is 1.21. The van der Waals surface area contributed by atoms with Gasteiger partial charge < -0.3 is 50.9 Å². The molecule has 3 heterocycles. The lowest BCUT2D eigenvalue weighted by Crippen LogP contribution is -2.46. The number of benzene rings is 1. The fourth-order valence-electron chi connectivity index (χ4n) is 5.07. The Morgan fingerprint density at radius 1 is 1.07 bits per heavy atom. The Hall–Kier alpha value is -3.91. The van der Waals surface area contributed by atoms with Crippen LogP contribution >= 0.6 is 35.2 Å². The topological polar surface area (TPSA) is 412 Å². The van der Waals surface area contributed by atoms with E-state index < -0.39 is 84.6 Å². The monoisotopic (exact) mass is 912 g/mol. The van der Waals surface area contributed by atoms with E-state index in [1.165, 1.54) is 38.1 Å². The van der Waals surface area contributed by atoms with E-state index in [-0.39, 0.29) is 47.4 Å². The number of nitrogens with one attached hydrogen (secondary N) is 2. The molecule has 2 unspecified atom stereocenters. The molecule has 0 saturated carbocycles. The third-order valence-corrected chi connectivity index (χ3v) is 12.0. The van der Waals surface area contributed by atoms with Crippen molar-refractivity contribution in [3.8, 4) is 0 Å². The average Bonchev–Trinajstić information content (AvgIpc) is 3.71. The summed E-state index contributed by atoms with van der Waals surface area (Å²) in [6.45, 7) is 0.289. The Morgan fingerprint density at radius 2 is 1.75 bits per heavy atom. The van der Waals surface area contributed by atoms with Crippen LogP contribution in [0.4, 0.5) is 11.5 Å². The van der Waals surface area contributed by atoms with Crippen molar-refractivity contribution >= 4 is 74.8 Å². The summed E-state index contributed by atoms with van der Waals surface area (Å²) in [4.78, 5) is 90.7. The van der Waals surface area contributed by atoms with Crippen molar-refractivity contribution in [1.82, 2.24) is 30.2 Å². The van der Waals surface area contributed by atoms with Crippen molar-refractivity contribution in [3.63, 3.8) is 0 Å². The zero-order valence-electron chi connectivity index (χ0n) is 30.7. The van der Waals surface area contributed by atoms with Gasteiger partial charge in [-0.1, -0.05) is 55.0 Å². The molecular weight excluding hydrogens is 873 g/mol. The number of carbonyl (C=O) groups is 3. The summed E-state index contributed by atoms with van der Waals surface area (Å²) in [5, 5.41) is 29.5. The van der Waals surface area contributed by atoms with Crippen molar-refractivity contribution < 1.29 is 80.5 Å². The number of rotatable bonds is 21. The molecule has 0 spiro atoms. The van der Waals surface area contributed by atoms with E-state index in [9.17, 15) is 57.9 Å². The van der Waals surface area contributed by atoms with Gasteiger partial charge in [-0.05, 0) is 5.53 Å². The third kappa shape index (κ3) is 13.8. The molecule has 0 bridgehead atoms. The van der Waals surface area contributed by atoms with Crippen molar-refractivity contribution in [2.45, 2.75) is 50.9 Å². The lowest BCUT2D eigenvalue weighted by Gasteiger charge is -2.30. The first-order valence-corrected chi connectivity index (χ1v) is 22.2. The Kier molecular flexibility index (Phi) is 16.3. The molecule has 1 aromatic carbocycles. The highest BCUT2D eigenvalue weighted by Crippen LogP contribution is 2.61. The number of ether oxygens (including phenoxy) is 1. The van der Waals surface area contributed by atoms with Gasteiger partial charge in [0.1, 0.15) is 36.3 Å². The predicted molar refractivity (Wildman–Crippen MR) is 202 cm³/mol. The van der Waals surface area contributed by atoms with E-state index in [1.54, 1.807) is 0 Å². The van der Waals surface area contributed by atoms with Crippen LogP contribution < -0.4 is 16.4 Å². The van der Waals surface area contributed by atoms with Gasteiger partial charge in [0.05, 0.1) is 19.5 Å². The average molecular weight is 913 g/mol. The molecular formula is C28H39N10O17P3S. The molecule has 1 aliphatic heterocycles. The lowest BCUT2D eigenvalue weighted by molar-refractivity contribution is -0.137. The number of phosphoric acid groups is 3. The van der Waals surface area contributed by atoms with Crippen molar-refractivity contribution in [3.05, 3.63) is 52.9 Å². The number of nitrogens with zero attached hydrogens (tertiary/aromatic N) is 7. The molecule has 1 aliphatic rings. The minimum Gasteiger partial charge on any atom is -0.386 e. The molecule has 4 rings (SSSR count). The first-order chi connectivity index (χ1) is 27.5. The third-order valence-electron chi connectivity index (χ3n) is 8.00. The van der Waals surface area contributed by atoms with E-state index in [2.05, 4.69) is 44.4 Å². The number of anilines is 1. The summed E-state index contributed by atoms with van der Waals surface area (Å²) >= 11 is 0.939. The SMILES string of the molecule is CC(C)(COP(=O)(O)OP(=O)(O)OC[C@H]1O[C@@H](n2cnc3c(N)ncnc32)[C@H](O)[C@@H]1OP(=O)(O)O)[C@@H](O)C(=O)NCCC(=O)NCCSC(=O)c1ccc(N=[N+]=[N-])cc1. The van der Waals surface area contributed by atoms with E-state index in [4.69, 9.17) is 25.0 Å². The quantitative estimate of drug-likeness (QED) is 0.0236. The van der Waals surface area contributed by atoms with Crippen LogP contribution in [0.1, 0.15) is 36.9 Å². The second kappa shape index (κ2) is 20.1. The molecule has 3 aromatic rings. The Morgan fingerprint density at radius 3 is 2.41 bits per heavy atom. The maximum Gasteiger partial charge on any atom is 0.481 e. The molecule has 2 amide bonds. The maximum atomic E-state index is 12.7. The molecule has 1 saturated heterocycles. The molecule has 2 aromatic heterocycles. The summed E-state index contributed by atoms with van der Waals surface area (Å²) in [5.41, 5.74) is 13.4. The van der Waals surface area contributed by atoms with Crippen molar-refractivity contribution in [1.29, 1.82) is 0 Å². The number of aliphatic hydroxyl groups is 2. The fourth-order valence-corrected chi connectivity index (χ4v) is 8.59. The smallest absolute Gasteiger partial charge is 0.386 e. The van der Waals surface area contributed by atoms with Crippen molar-refractivity contribution in [2.24, 2.45) is 10.5 Å². The second-order valence-corrected chi connectivity index (χ2v) is 18.2. The van der Waals surface area contributed by atoms with Crippen LogP contribution in [-0.4, -0.2) is 123 Å². The Labute approximate surface area is 337 Å². The number of aliphatic hydroxyl groups excluding tert-OH is 2. The molecule has 10 N–H and O–H groups in total. The number of fused-ring (bicyclic) bond motifs is 1. The van der Waals surface area contributed by atoms with Crippen LogP contribution in [0.3, 0.4) is 0 Å². The molecule has 59 heavy (non-hydrogen) atoms. The number of nitrogen functional groups attached to an aromatic ring is 1. The summed E-state index contributed by atoms with van der Waals surface area (Å²) < 4.78 is 62.1. The van der Waals surface area contributed by atoms with Crippen LogP contribution in [0.2, 0.25) is 0 Å². The summed E-state index contributed by atoms with van der Waals surface area (Å²) in [5.74, 6) is -1.32. The van der Waals surface area contributed by atoms with Gasteiger partial charge in [-0.15, -0.1) is 0 Å². The van der Waals surface area contributed by atoms with Gasteiger partial charge in [0.2, 0.25) is 16.9 Å². The van der Waals surface area contributed by atoms with Gasteiger partial charge in [0, 0.05) is 46.8 Å². The van der Waals surface area contributed by atoms with Gasteiger partial charge in [0.25, 0.3) is 0 Å². The second-order valence-electron chi connectivity index (χ2n) is 12.9. The molecule has 27 nitrogen and oxygen atoms in total. The van der Waals surface area contributed by atoms with E-state index in [0.717, 1.165) is 29.0 Å². The highest BCUT2D eigenvalue weighted by molar-refractivity contribution is 8.14. The van der Waals surface area contributed by atoms with Crippen LogP contribution in [0.25, 0.3) is 21.6 Å². The summed E-state index contributed by atoms with van der Waals surface area (Å²) in [7, 11) is -16.4. The number of carbonyl (C=O) groups excluding carboxylic acids is 3. The number of phosphoric ester groups is 3. The predicted octanol–water partition coefficient (Wildman–Crippen LogP) is 0.920. The molecule has 0 aliphatic carbocycles. The van der Waals surface area contributed by atoms with Crippen LogP contribution in [0.15, 0.2) is 42.0 Å². The molecule has 324 valence electrons. The maximum absolute atomic E-state index is 12.7. The molecule has 1 fully saturated rings. The lowest BCUT2D eigenvalue weighted by atomic mass is 9.87. The van der Waals surface area contributed by atoms with Crippen LogP contribution in [-0.2, 0) is 45.9 Å². The van der Waals surface area contributed by atoms with Gasteiger partial charge in [-0.25, -0.2) is 28.6 Å². The highest BCUT2D eigenvalue weighted by Gasteiger charge is 2.50. The largest absolute Gasteiger partial charge is 0.481 e. The van der Waals surface area contributed by atoms with Crippen molar-refractivity contribution in [2.75, 3.05) is 37.8 Å². The molecule has 31 heteroatoms. The number of thioether (sulfide) groups is 1. The zero-order valence-corrected chi connectivity index (χ0v) is 34.2. The first-order valence-electron chi connectivity index (χ1n) is 16.7. The fraction of sp³-hybridized carbons (Fsp3) is 0.500. The number of aromatic nitrogens is 4. The van der Waals surface area contributed by atoms with Crippen LogP contribution in [0.5, 0.6) is 0 Å². The number of imidazole rings is 1. The first kappa shape index (κ1) is 47.8. The molecule has 0 radical (unpaired) electrons. The minimum atomic E-state index is -5.59. The van der Waals surface area contributed by atoms with Gasteiger partial charge in [0.15, 0.2) is 17.7 Å². The van der Waals surface area contributed by atoms with Gasteiger partial charge in [-0.2, -0.15) is 4.31 Å². The highest BCUT2D eigenvalue weighted by atomic mass is 32.2. The van der Waals surface area contributed by atoms with E-state index >= 15 is 0 Å². The minimum absolute atomic E-state index is 0.0220. The normalized spacial score (nSPS) is 20.9. The van der Waals surface area contributed by atoms with Gasteiger partial charge >= 0.3 is 23.5 Å². The number of amides is 2. The number of nitrogens with two attached hydrogens (primary N) is 1. The van der Waals surface area contributed by atoms with E-state index in [0.29, 0.717) is 11.3 Å². The zero-order chi connectivity index (χ0) is 43.8. The van der Waals surface area contributed by atoms with E-state index in [1.807, 2.05) is 0 Å². The number of hydrogen-bond acceptors (Lipinski definition) is 19. The Bertz CT molecular complexity index is 2190. The summed E-state index contributed by atoms with van der Waals surface area (Å²) in [6, 6.07) is 5.95. The van der Waals surface area contributed by atoms with Crippen LogP contribution in [0, 0.1) is 5.41 Å². The molecule has 7 atom stereocenters. The van der Waals surface area contributed by atoms with Gasteiger partial charge in [-0.3, -0.25) is 32.5 Å². The summed E-state index contributed by atoms with van der Waals surface area (Å²) in [6.07, 6.45) is -7.05. The number of hydrogen-bond donors (Lipinski definition) is 9. The standard InChI is InChI=1S/C28H39N10O17P3S/c1-28(2,22(41)25(42)32-8-7-18(39)31-9-10-59-27(43)15-3-5-16(6-4-15)36-37-30)12-52-58(49,50)55-57(47,48)51-11-17-21(54-56(44,45)46)20(40)26(53-17)38-14-35-19-23(29)33-13-34-24(19)38/h3-6,13-14,17,20-22,26,40-41H,7-12H2,1-2H3,(H,31,39)(H,32,42)(H,47,48)(H,49,50)(H2,29,33,34)(H2,44,45,46)/t17-,20-,21-,22+,26-/m1/s1.